The fourth-order valence-electron chi connectivity index (χ4n) is 2.99. The second-order valence-corrected chi connectivity index (χ2v) is 5.81. The molecule has 0 bridgehead atoms. The Morgan fingerprint density at radius 3 is 2.81 bits per heavy atom. The van der Waals surface area contributed by atoms with Crippen LogP contribution in [-0.2, 0) is 0 Å². The van der Waals surface area contributed by atoms with Gasteiger partial charge in [-0.1, -0.05) is 31.9 Å². The van der Waals surface area contributed by atoms with Gasteiger partial charge in [0.05, 0.1) is 5.39 Å². The van der Waals surface area contributed by atoms with E-state index in [2.05, 4.69) is 12.2 Å². The van der Waals surface area contributed by atoms with E-state index in [9.17, 15) is 9.59 Å². The first-order valence-corrected chi connectivity index (χ1v) is 7.49. The summed E-state index contributed by atoms with van der Waals surface area (Å²) in [6.07, 6.45) is 4.48. The number of hydrogen-bond donors (Lipinski definition) is 1. The van der Waals surface area contributed by atoms with Crippen LogP contribution < -0.4 is 10.7 Å². The average molecular weight is 285 g/mol. The molecule has 4 nitrogen and oxygen atoms in total. The van der Waals surface area contributed by atoms with Gasteiger partial charge in [0.15, 0.2) is 11.2 Å². The third-order valence-corrected chi connectivity index (χ3v) is 4.29. The molecule has 4 heteroatoms. The van der Waals surface area contributed by atoms with Crippen LogP contribution in [0, 0.1) is 5.92 Å². The Balaban J connectivity index is 1.86. The van der Waals surface area contributed by atoms with E-state index in [1.807, 2.05) is 0 Å². The summed E-state index contributed by atoms with van der Waals surface area (Å²) in [6.45, 7) is 2.15. The zero-order valence-electron chi connectivity index (χ0n) is 12.1. The summed E-state index contributed by atoms with van der Waals surface area (Å²) in [6, 6.07) is 8.43. The minimum atomic E-state index is -0.295. The van der Waals surface area contributed by atoms with Crippen LogP contribution in [0.4, 0.5) is 0 Å². The van der Waals surface area contributed by atoms with Crippen LogP contribution >= 0.6 is 0 Å². The van der Waals surface area contributed by atoms with Gasteiger partial charge in [-0.3, -0.25) is 9.59 Å². The average Bonchev–Trinajstić information content (AvgIpc) is 2.49. The van der Waals surface area contributed by atoms with Crippen molar-refractivity contribution in [1.29, 1.82) is 0 Å². The molecule has 1 amide bonds. The molecule has 1 saturated carbocycles. The van der Waals surface area contributed by atoms with Crippen molar-refractivity contribution in [3.8, 4) is 0 Å². The molecule has 1 aromatic carbocycles. The van der Waals surface area contributed by atoms with E-state index in [4.69, 9.17) is 4.42 Å². The highest BCUT2D eigenvalue weighted by molar-refractivity contribution is 5.93. The number of hydrogen-bond acceptors (Lipinski definition) is 3. The monoisotopic (exact) mass is 285 g/mol. The molecule has 0 saturated heterocycles. The van der Waals surface area contributed by atoms with Crippen LogP contribution in [0.2, 0.25) is 0 Å². The van der Waals surface area contributed by atoms with Crippen molar-refractivity contribution in [2.24, 2.45) is 5.92 Å². The first kappa shape index (κ1) is 13.9. The molecule has 110 valence electrons. The van der Waals surface area contributed by atoms with Crippen molar-refractivity contribution < 1.29 is 9.21 Å². The Kier molecular flexibility index (Phi) is 3.78. The molecule has 0 unspecified atom stereocenters. The SMILES string of the molecule is C[C@@H]1CCCC[C@H]1NC(=O)c1cc(=O)c2ccccc2o1. The fourth-order valence-corrected chi connectivity index (χ4v) is 2.99. The highest BCUT2D eigenvalue weighted by atomic mass is 16.3. The molecular formula is C17H19NO3. The van der Waals surface area contributed by atoms with Crippen molar-refractivity contribution in [3.63, 3.8) is 0 Å². The van der Waals surface area contributed by atoms with E-state index < -0.39 is 0 Å². The maximum Gasteiger partial charge on any atom is 0.287 e. The number of rotatable bonds is 2. The highest BCUT2D eigenvalue weighted by Gasteiger charge is 2.24. The standard InChI is InChI=1S/C17H19NO3/c1-11-6-2-4-8-13(11)18-17(20)16-10-14(19)12-7-3-5-9-15(12)21-16/h3,5,7,9-11,13H,2,4,6,8H2,1H3,(H,18,20)/t11-,13-/m1/s1. The predicted octanol–water partition coefficient (Wildman–Crippen LogP) is 3.10. The predicted molar refractivity (Wildman–Crippen MR) is 81.4 cm³/mol. The molecule has 1 aromatic heterocycles. The van der Waals surface area contributed by atoms with Gasteiger partial charge in [0.2, 0.25) is 0 Å². The van der Waals surface area contributed by atoms with E-state index in [-0.39, 0.29) is 23.1 Å². The molecule has 1 N–H and O–H groups in total. The highest BCUT2D eigenvalue weighted by Crippen LogP contribution is 2.24. The van der Waals surface area contributed by atoms with Crippen LogP contribution in [0.1, 0.15) is 43.2 Å². The van der Waals surface area contributed by atoms with Crippen molar-refractivity contribution in [3.05, 3.63) is 46.3 Å². The van der Waals surface area contributed by atoms with Gasteiger partial charge in [-0.25, -0.2) is 0 Å². The summed E-state index contributed by atoms with van der Waals surface area (Å²) in [5.74, 6) is 0.267. The lowest BCUT2D eigenvalue weighted by Gasteiger charge is -2.29. The Labute approximate surface area is 123 Å². The molecule has 1 fully saturated rings. The van der Waals surface area contributed by atoms with Crippen LogP contribution in [0.15, 0.2) is 39.5 Å². The first-order valence-electron chi connectivity index (χ1n) is 7.49. The van der Waals surface area contributed by atoms with E-state index in [1.165, 1.54) is 12.5 Å². The second kappa shape index (κ2) is 5.72. The van der Waals surface area contributed by atoms with Crippen molar-refractivity contribution in [1.82, 2.24) is 5.32 Å². The van der Waals surface area contributed by atoms with Crippen LogP contribution in [0.5, 0.6) is 0 Å². The maximum atomic E-state index is 12.3. The topological polar surface area (TPSA) is 59.3 Å². The molecule has 2 aromatic rings. The number of carbonyl (C=O) groups excluding carboxylic acids is 1. The lowest BCUT2D eigenvalue weighted by atomic mass is 9.86. The maximum absolute atomic E-state index is 12.3. The van der Waals surface area contributed by atoms with Crippen molar-refractivity contribution >= 4 is 16.9 Å². The quantitative estimate of drug-likeness (QED) is 0.922. The van der Waals surface area contributed by atoms with Gasteiger partial charge < -0.3 is 9.73 Å². The molecular weight excluding hydrogens is 266 g/mol. The van der Waals surface area contributed by atoms with E-state index >= 15 is 0 Å². The number of nitrogens with one attached hydrogen (secondary N) is 1. The molecule has 21 heavy (non-hydrogen) atoms. The van der Waals surface area contributed by atoms with E-state index in [0.717, 1.165) is 19.3 Å². The molecule has 0 aliphatic heterocycles. The molecule has 1 aliphatic rings. The van der Waals surface area contributed by atoms with Gasteiger partial charge in [0.1, 0.15) is 5.58 Å². The summed E-state index contributed by atoms with van der Waals surface area (Å²) in [5, 5.41) is 3.51. The Hall–Kier alpha value is -2.10. The van der Waals surface area contributed by atoms with Gasteiger partial charge in [0, 0.05) is 12.1 Å². The lowest BCUT2D eigenvalue weighted by molar-refractivity contribution is 0.0882. The minimum absolute atomic E-state index is 0.0940. The molecule has 3 rings (SSSR count). The summed E-state index contributed by atoms with van der Waals surface area (Å²) < 4.78 is 5.57. The third kappa shape index (κ3) is 2.84. The molecule has 2 atom stereocenters. The zero-order chi connectivity index (χ0) is 14.8. The van der Waals surface area contributed by atoms with E-state index in [1.54, 1.807) is 24.3 Å². The zero-order valence-corrected chi connectivity index (χ0v) is 12.1. The molecule has 1 aliphatic carbocycles. The fraction of sp³-hybridized carbons (Fsp3) is 0.412. The summed E-state index contributed by atoms with van der Waals surface area (Å²) >= 11 is 0. The van der Waals surface area contributed by atoms with Crippen molar-refractivity contribution in [2.75, 3.05) is 0 Å². The Morgan fingerprint density at radius 2 is 2.00 bits per heavy atom. The largest absolute Gasteiger partial charge is 0.451 e. The Morgan fingerprint density at radius 1 is 1.24 bits per heavy atom. The summed E-state index contributed by atoms with van der Waals surface area (Å²) in [7, 11) is 0. The number of carbonyl (C=O) groups is 1. The van der Waals surface area contributed by atoms with Crippen LogP contribution in [0.25, 0.3) is 11.0 Å². The second-order valence-electron chi connectivity index (χ2n) is 5.81. The minimum Gasteiger partial charge on any atom is -0.451 e. The summed E-state index contributed by atoms with van der Waals surface area (Å²) in [4.78, 5) is 24.3. The number of fused-ring (bicyclic) bond motifs is 1. The number of benzene rings is 1. The van der Waals surface area contributed by atoms with Gasteiger partial charge in [-0.2, -0.15) is 0 Å². The molecule has 0 radical (unpaired) electrons. The number of para-hydroxylation sites is 1. The number of amides is 1. The van der Waals surface area contributed by atoms with Gasteiger partial charge in [-0.05, 0) is 30.9 Å². The van der Waals surface area contributed by atoms with Crippen LogP contribution in [-0.4, -0.2) is 11.9 Å². The van der Waals surface area contributed by atoms with Gasteiger partial charge in [0.25, 0.3) is 5.91 Å². The normalized spacial score (nSPS) is 22.1. The molecule has 0 spiro atoms. The van der Waals surface area contributed by atoms with Gasteiger partial charge in [-0.15, -0.1) is 0 Å². The van der Waals surface area contributed by atoms with Gasteiger partial charge >= 0.3 is 0 Å². The van der Waals surface area contributed by atoms with Crippen molar-refractivity contribution in [2.45, 2.75) is 38.6 Å². The lowest BCUT2D eigenvalue weighted by Crippen LogP contribution is -2.41. The third-order valence-electron chi connectivity index (χ3n) is 4.29. The smallest absolute Gasteiger partial charge is 0.287 e. The first-order chi connectivity index (χ1) is 10.1. The van der Waals surface area contributed by atoms with Crippen LogP contribution in [0.3, 0.4) is 0 Å². The molecule has 1 heterocycles. The Bertz CT molecular complexity index is 719. The summed E-state index contributed by atoms with van der Waals surface area (Å²) in [5.41, 5.74) is 0.269. The van der Waals surface area contributed by atoms with E-state index in [0.29, 0.717) is 16.9 Å².